The fraction of sp³-hybridized carbons (Fsp3) is 0.524. The molecule has 0 saturated carbocycles. The first kappa shape index (κ1) is 17.3. The number of hydrogen-bond acceptors (Lipinski definition) is 5. The van der Waals surface area contributed by atoms with E-state index in [1.54, 1.807) is 11.8 Å². The van der Waals surface area contributed by atoms with Crippen LogP contribution >= 0.6 is 11.8 Å². The molecule has 5 aliphatic rings. The Morgan fingerprint density at radius 1 is 1.15 bits per heavy atom. The molecule has 0 spiro atoms. The minimum atomic E-state index is 0.297. The van der Waals surface area contributed by atoms with Crippen molar-refractivity contribution in [2.45, 2.75) is 31.8 Å². The van der Waals surface area contributed by atoms with Gasteiger partial charge in [0, 0.05) is 44.5 Å². The van der Waals surface area contributed by atoms with Gasteiger partial charge in [0.15, 0.2) is 5.17 Å². The molecule has 1 aromatic rings. The maximum absolute atomic E-state index is 13.1. The maximum atomic E-state index is 13.1. The average molecular weight is 383 g/mol. The highest BCUT2D eigenvalue weighted by molar-refractivity contribution is 8.16. The van der Waals surface area contributed by atoms with Crippen LogP contribution in [0.1, 0.15) is 24.8 Å². The Balaban J connectivity index is 1.25. The second-order valence-corrected chi connectivity index (χ2v) is 8.88. The monoisotopic (exact) mass is 382 g/mol. The summed E-state index contributed by atoms with van der Waals surface area (Å²) in [4.78, 5) is 24.6. The third-order valence-electron chi connectivity index (χ3n) is 6.14. The van der Waals surface area contributed by atoms with Crippen LogP contribution in [0.15, 0.2) is 46.4 Å². The van der Waals surface area contributed by atoms with E-state index in [0.29, 0.717) is 24.3 Å². The smallest absolute Gasteiger partial charge is 0.228 e. The molecule has 0 unspecified atom stereocenters. The van der Waals surface area contributed by atoms with Gasteiger partial charge in [0.05, 0.1) is 13.0 Å². The van der Waals surface area contributed by atoms with E-state index in [1.807, 2.05) is 0 Å². The summed E-state index contributed by atoms with van der Waals surface area (Å²) in [6, 6.07) is 11.1. The number of nitrogens with zero attached hydrogens (tertiary/aromatic N) is 4. The molecule has 6 heteroatoms. The summed E-state index contributed by atoms with van der Waals surface area (Å²) < 4.78 is 0. The molecule has 6 rings (SSSR count). The number of carbonyl (C=O) groups is 1. The van der Waals surface area contributed by atoms with Crippen LogP contribution in [-0.4, -0.2) is 64.5 Å². The van der Waals surface area contributed by atoms with Gasteiger partial charge in [-0.2, -0.15) is 0 Å². The van der Waals surface area contributed by atoms with Crippen LogP contribution in [0, 0.1) is 5.92 Å². The summed E-state index contributed by atoms with van der Waals surface area (Å²) >= 11 is 1.67. The third kappa shape index (κ3) is 3.52. The Morgan fingerprint density at radius 3 is 2.93 bits per heavy atom. The van der Waals surface area contributed by atoms with Crippen LogP contribution in [0.3, 0.4) is 0 Å². The van der Waals surface area contributed by atoms with Crippen molar-refractivity contribution in [3.63, 3.8) is 0 Å². The Morgan fingerprint density at radius 2 is 2.04 bits per heavy atom. The van der Waals surface area contributed by atoms with Crippen molar-refractivity contribution >= 4 is 22.8 Å². The predicted molar refractivity (Wildman–Crippen MR) is 109 cm³/mol. The summed E-state index contributed by atoms with van der Waals surface area (Å²) in [6.45, 7) is 5.81. The molecule has 2 bridgehead atoms. The lowest BCUT2D eigenvalue weighted by Crippen LogP contribution is -2.47. The van der Waals surface area contributed by atoms with Gasteiger partial charge in [0.25, 0.3) is 0 Å². The standard InChI is InChI=1S/C21H26N4OS/c26-20(10-19-15-27-21-22-8-9-24(19)21)25-13-17-6-7-18(25)14-23(12-17)11-16-4-2-1-3-5-16/h1-5,15,17-18H,6-14H2/t17-,18+/m0/s1. The van der Waals surface area contributed by atoms with Crippen LogP contribution in [0.4, 0.5) is 0 Å². The zero-order valence-electron chi connectivity index (χ0n) is 15.6. The molecule has 3 saturated heterocycles. The van der Waals surface area contributed by atoms with Gasteiger partial charge < -0.3 is 9.80 Å². The fourth-order valence-electron chi connectivity index (χ4n) is 4.83. The number of benzene rings is 1. The number of carbonyl (C=O) groups excluding carboxylic acids is 1. The highest BCUT2D eigenvalue weighted by atomic mass is 32.2. The third-order valence-corrected chi connectivity index (χ3v) is 7.09. The molecule has 2 atom stereocenters. The van der Waals surface area contributed by atoms with E-state index < -0.39 is 0 Å². The van der Waals surface area contributed by atoms with Crippen LogP contribution in [0.2, 0.25) is 0 Å². The topological polar surface area (TPSA) is 39.2 Å². The Labute approximate surface area is 165 Å². The largest absolute Gasteiger partial charge is 0.338 e. The fourth-order valence-corrected chi connectivity index (χ4v) is 5.78. The van der Waals surface area contributed by atoms with Crippen LogP contribution in [-0.2, 0) is 11.3 Å². The average Bonchev–Trinajstić information content (AvgIpc) is 3.18. The van der Waals surface area contributed by atoms with Gasteiger partial charge in [-0.3, -0.25) is 14.7 Å². The highest BCUT2D eigenvalue weighted by Crippen LogP contribution is 2.33. The lowest BCUT2D eigenvalue weighted by atomic mass is 9.94. The van der Waals surface area contributed by atoms with Crippen molar-refractivity contribution in [3.05, 3.63) is 47.0 Å². The molecule has 5 aliphatic heterocycles. The molecular weight excluding hydrogens is 356 g/mol. The minimum Gasteiger partial charge on any atom is -0.338 e. The Bertz CT molecular complexity index is 778. The van der Waals surface area contributed by atoms with E-state index in [4.69, 9.17) is 0 Å². The van der Waals surface area contributed by atoms with Gasteiger partial charge in [-0.25, -0.2) is 0 Å². The Hall–Kier alpha value is -1.79. The van der Waals surface area contributed by atoms with E-state index >= 15 is 0 Å². The number of aliphatic imine (C=N–C) groups is 1. The van der Waals surface area contributed by atoms with Gasteiger partial charge in [-0.1, -0.05) is 42.1 Å². The lowest BCUT2D eigenvalue weighted by molar-refractivity contribution is -0.134. The molecule has 3 fully saturated rings. The summed E-state index contributed by atoms with van der Waals surface area (Å²) in [7, 11) is 0. The van der Waals surface area contributed by atoms with Crippen molar-refractivity contribution in [1.82, 2.24) is 14.7 Å². The van der Waals surface area contributed by atoms with Crippen LogP contribution < -0.4 is 0 Å². The normalized spacial score (nSPS) is 27.4. The van der Waals surface area contributed by atoms with Crippen LogP contribution in [0.5, 0.6) is 0 Å². The van der Waals surface area contributed by atoms with Gasteiger partial charge in [-0.05, 0) is 29.7 Å². The molecule has 0 N–H and O–H groups in total. The molecule has 0 aliphatic carbocycles. The summed E-state index contributed by atoms with van der Waals surface area (Å²) in [5.41, 5.74) is 2.51. The maximum Gasteiger partial charge on any atom is 0.228 e. The van der Waals surface area contributed by atoms with Crippen molar-refractivity contribution in [2.24, 2.45) is 10.9 Å². The van der Waals surface area contributed by atoms with E-state index in [9.17, 15) is 4.79 Å². The molecule has 1 amide bonds. The first-order valence-electron chi connectivity index (χ1n) is 10.00. The molecule has 5 nitrogen and oxygen atoms in total. The predicted octanol–water partition coefficient (Wildman–Crippen LogP) is 2.76. The van der Waals surface area contributed by atoms with Crippen molar-refractivity contribution in [3.8, 4) is 0 Å². The first-order valence-corrected chi connectivity index (χ1v) is 10.9. The summed E-state index contributed by atoms with van der Waals surface area (Å²) in [5.74, 6) is 0.901. The van der Waals surface area contributed by atoms with Gasteiger partial charge in [0.2, 0.25) is 5.91 Å². The number of fused-ring (bicyclic) bond motifs is 5. The van der Waals surface area contributed by atoms with E-state index in [2.05, 4.69) is 55.4 Å². The van der Waals surface area contributed by atoms with Gasteiger partial charge in [0.1, 0.15) is 0 Å². The van der Waals surface area contributed by atoms with Crippen molar-refractivity contribution in [1.29, 1.82) is 0 Å². The SMILES string of the molecule is O=C(CC1=CSC2=NCCN12)N1C[C@H]2CC[C@@H]1CN(Cc1ccccc1)C2. The zero-order chi connectivity index (χ0) is 18.2. The zero-order valence-corrected chi connectivity index (χ0v) is 16.4. The van der Waals surface area contributed by atoms with Gasteiger partial charge in [-0.15, -0.1) is 0 Å². The highest BCUT2D eigenvalue weighted by Gasteiger charge is 2.38. The lowest BCUT2D eigenvalue weighted by Gasteiger charge is -2.36. The van der Waals surface area contributed by atoms with Crippen molar-refractivity contribution in [2.75, 3.05) is 32.7 Å². The number of thioether (sulfide) groups is 1. The number of amidine groups is 1. The first-order chi connectivity index (χ1) is 13.3. The molecule has 5 heterocycles. The molecule has 0 aromatic heterocycles. The van der Waals surface area contributed by atoms with E-state index in [-0.39, 0.29) is 0 Å². The number of piperidine rings is 1. The van der Waals surface area contributed by atoms with Gasteiger partial charge >= 0.3 is 0 Å². The Kier molecular flexibility index (Phi) is 4.70. The molecular formula is C21H26N4OS. The van der Waals surface area contributed by atoms with Crippen molar-refractivity contribution < 1.29 is 4.79 Å². The summed E-state index contributed by atoms with van der Waals surface area (Å²) in [6.07, 6.45) is 2.92. The quantitative estimate of drug-likeness (QED) is 0.803. The number of rotatable bonds is 4. The molecule has 142 valence electrons. The van der Waals surface area contributed by atoms with E-state index in [0.717, 1.165) is 56.6 Å². The second-order valence-electron chi connectivity index (χ2n) is 8.04. The number of hydrogen-bond donors (Lipinski definition) is 0. The number of amides is 1. The summed E-state index contributed by atoms with van der Waals surface area (Å²) in [5, 5.41) is 3.19. The van der Waals surface area contributed by atoms with Crippen LogP contribution in [0.25, 0.3) is 0 Å². The molecule has 1 aromatic carbocycles. The minimum absolute atomic E-state index is 0.297. The molecule has 0 radical (unpaired) electrons. The molecule has 27 heavy (non-hydrogen) atoms. The second kappa shape index (κ2) is 7.32. The van der Waals surface area contributed by atoms with E-state index in [1.165, 1.54) is 12.0 Å².